The first-order valence-electron chi connectivity index (χ1n) is 10.0. The largest absolute Gasteiger partial charge is 0.452 e. The number of para-hydroxylation sites is 1. The predicted molar refractivity (Wildman–Crippen MR) is 127 cm³/mol. The Morgan fingerprint density at radius 1 is 0.941 bits per heavy atom. The Morgan fingerprint density at radius 2 is 1.68 bits per heavy atom. The Bertz CT molecular complexity index is 1290. The van der Waals surface area contributed by atoms with E-state index in [2.05, 4.69) is 10.6 Å². The molecule has 0 unspecified atom stereocenters. The number of non-ortho nitro benzene ring substituents is 1. The van der Waals surface area contributed by atoms with E-state index in [4.69, 9.17) is 16.3 Å². The highest BCUT2D eigenvalue weighted by molar-refractivity contribution is 6.34. The first-order valence-corrected chi connectivity index (χ1v) is 10.4. The van der Waals surface area contributed by atoms with Crippen LogP contribution in [-0.2, 0) is 9.53 Å². The molecule has 0 spiro atoms. The number of anilines is 2. The maximum atomic E-state index is 12.6. The van der Waals surface area contributed by atoms with Gasteiger partial charge in [0.25, 0.3) is 17.5 Å². The van der Waals surface area contributed by atoms with Crippen molar-refractivity contribution in [3.8, 4) is 0 Å². The third-order valence-corrected chi connectivity index (χ3v) is 5.24. The Kier molecular flexibility index (Phi) is 7.60. The number of aryl methyl sites for hydroxylation is 2. The van der Waals surface area contributed by atoms with Gasteiger partial charge in [-0.05, 0) is 55.3 Å². The summed E-state index contributed by atoms with van der Waals surface area (Å²) in [6, 6.07) is 14.9. The summed E-state index contributed by atoms with van der Waals surface area (Å²) >= 11 is 6.00. The molecule has 9 nitrogen and oxygen atoms in total. The minimum atomic E-state index is -0.819. The summed E-state index contributed by atoms with van der Waals surface area (Å²) < 4.78 is 5.11. The number of nitro benzene ring substituents is 1. The maximum Gasteiger partial charge on any atom is 0.340 e. The lowest BCUT2D eigenvalue weighted by Gasteiger charge is -2.12. The van der Waals surface area contributed by atoms with Crippen LogP contribution in [-0.4, -0.2) is 29.3 Å². The van der Waals surface area contributed by atoms with Crippen molar-refractivity contribution in [3.05, 3.63) is 98.1 Å². The molecule has 0 saturated carbocycles. The number of benzene rings is 3. The fraction of sp³-hybridized carbons (Fsp3) is 0.125. The summed E-state index contributed by atoms with van der Waals surface area (Å²) in [7, 11) is 0. The number of rotatable bonds is 7. The number of carbonyl (C=O) groups is 3. The highest BCUT2D eigenvalue weighted by Gasteiger charge is 2.19. The van der Waals surface area contributed by atoms with Crippen molar-refractivity contribution >= 4 is 46.4 Å². The number of ether oxygens (including phenoxy) is 1. The molecule has 10 heteroatoms. The van der Waals surface area contributed by atoms with Crippen LogP contribution in [0.4, 0.5) is 17.1 Å². The average molecular weight is 482 g/mol. The molecule has 0 aromatic heterocycles. The fourth-order valence-electron chi connectivity index (χ4n) is 2.99. The van der Waals surface area contributed by atoms with Crippen molar-refractivity contribution in [1.82, 2.24) is 0 Å². The summed E-state index contributed by atoms with van der Waals surface area (Å²) in [4.78, 5) is 47.6. The van der Waals surface area contributed by atoms with Crippen LogP contribution in [0.3, 0.4) is 0 Å². The van der Waals surface area contributed by atoms with E-state index in [1.165, 1.54) is 18.2 Å². The van der Waals surface area contributed by atoms with Gasteiger partial charge < -0.3 is 15.4 Å². The molecule has 3 aromatic carbocycles. The summed E-state index contributed by atoms with van der Waals surface area (Å²) in [5.41, 5.74) is 2.55. The molecule has 34 heavy (non-hydrogen) atoms. The Balaban J connectivity index is 1.66. The van der Waals surface area contributed by atoms with Crippen molar-refractivity contribution in [2.75, 3.05) is 17.2 Å². The average Bonchev–Trinajstić information content (AvgIpc) is 2.80. The van der Waals surface area contributed by atoms with Gasteiger partial charge in [0.05, 0.1) is 26.8 Å². The molecule has 0 bridgehead atoms. The molecule has 0 aliphatic heterocycles. The van der Waals surface area contributed by atoms with Crippen molar-refractivity contribution in [3.63, 3.8) is 0 Å². The van der Waals surface area contributed by atoms with Gasteiger partial charge in [-0.1, -0.05) is 29.8 Å². The Labute approximate surface area is 199 Å². The second-order valence-electron chi connectivity index (χ2n) is 7.34. The lowest BCUT2D eigenvalue weighted by Crippen LogP contribution is -2.22. The lowest BCUT2D eigenvalue weighted by atomic mass is 10.1. The van der Waals surface area contributed by atoms with E-state index in [1.807, 2.05) is 26.0 Å². The van der Waals surface area contributed by atoms with Crippen molar-refractivity contribution in [1.29, 1.82) is 0 Å². The minimum absolute atomic E-state index is 0.0109. The van der Waals surface area contributed by atoms with Crippen molar-refractivity contribution in [2.24, 2.45) is 0 Å². The Morgan fingerprint density at radius 3 is 2.35 bits per heavy atom. The van der Waals surface area contributed by atoms with E-state index in [-0.39, 0.29) is 27.5 Å². The van der Waals surface area contributed by atoms with Gasteiger partial charge in [0.15, 0.2) is 6.61 Å². The normalized spacial score (nSPS) is 10.3. The zero-order valence-electron chi connectivity index (χ0n) is 18.3. The van der Waals surface area contributed by atoms with Crippen LogP contribution in [0.2, 0.25) is 5.02 Å². The number of nitrogens with zero attached hydrogens (tertiary/aromatic N) is 1. The summed E-state index contributed by atoms with van der Waals surface area (Å²) in [6.45, 7) is 3.34. The van der Waals surface area contributed by atoms with Crippen LogP contribution >= 0.6 is 11.6 Å². The molecule has 0 aliphatic carbocycles. The predicted octanol–water partition coefficient (Wildman–Crippen LogP) is 4.91. The van der Waals surface area contributed by atoms with Crippen LogP contribution in [0.15, 0.2) is 60.7 Å². The van der Waals surface area contributed by atoms with Gasteiger partial charge in [-0.15, -0.1) is 0 Å². The molecule has 3 rings (SSSR count). The number of halogens is 1. The molecule has 2 N–H and O–H groups in total. The van der Waals surface area contributed by atoms with Gasteiger partial charge in [0.2, 0.25) is 0 Å². The first-order chi connectivity index (χ1) is 16.2. The van der Waals surface area contributed by atoms with Gasteiger partial charge in [-0.2, -0.15) is 0 Å². The molecule has 0 atom stereocenters. The number of nitro groups is 1. The van der Waals surface area contributed by atoms with Crippen molar-refractivity contribution in [2.45, 2.75) is 13.8 Å². The molecule has 0 radical (unpaired) electrons. The number of nitrogens with one attached hydrogen (secondary N) is 2. The molecule has 0 heterocycles. The number of hydrogen-bond acceptors (Lipinski definition) is 6. The molecule has 0 aliphatic rings. The van der Waals surface area contributed by atoms with Crippen molar-refractivity contribution < 1.29 is 24.0 Å². The zero-order chi connectivity index (χ0) is 24.8. The molecule has 3 aromatic rings. The fourth-order valence-corrected chi connectivity index (χ4v) is 3.25. The SMILES string of the molecule is Cc1ccc(NC(=O)COC(=O)c2ccccc2NC(=O)c2ccc([N+](=O)[O-])cc2Cl)cc1C. The van der Waals surface area contributed by atoms with E-state index in [1.54, 1.807) is 18.2 Å². The molecule has 0 saturated heterocycles. The smallest absolute Gasteiger partial charge is 0.340 e. The number of amides is 2. The standard InChI is InChI=1S/C24H20ClN3O6/c1-14-7-8-16(11-15(14)2)26-22(29)13-34-24(31)19-5-3-4-6-21(19)27-23(30)18-10-9-17(28(32)33)12-20(18)25/h3-12H,13H2,1-2H3,(H,26,29)(H,27,30). The van der Waals surface area contributed by atoms with Gasteiger partial charge in [0.1, 0.15) is 0 Å². The molecular formula is C24H20ClN3O6. The third kappa shape index (κ3) is 5.96. The summed E-state index contributed by atoms with van der Waals surface area (Å²) in [6.07, 6.45) is 0. The maximum absolute atomic E-state index is 12.6. The second kappa shape index (κ2) is 10.6. The van der Waals surface area contributed by atoms with E-state index in [0.717, 1.165) is 23.3 Å². The molecule has 0 fully saturated rings. The number of carbonyl (C=O) groups excluding carboxylic acids is 3. The lowest BCUT2D eigenvalue weighted by molar-refractivity contribution is -0.384. The van der Waals surface area contributed by atoms with Crippen LogP contribution in [0.25, 0.3) is 0 Å². The molecular weight excluding hydrogens is 462 g/mol. The monoisotopic (exact) mass is 481 g/mol. The molecule has 2 amide bonds. The summed E-state index contributed by atoms with van der Waals surface area (Å²) in [5, 5.41) is 15.9. The van der Waals surface area contributed by atoms with Gasteiger partial charge in [0, 0.05) is 17.8 Å². The topological polar surface area (TPSA) is 128 Å². The minimum Gasteiger partial charge on any atom is -0.452 e. The van der Waals surface area contributed by atoms with Crippen LogP contribution < -0.4 is 10.6 Å². The zero-order valence-corrected chi connectivity index (χ0v) is 19.0. The van der Waals surface area contributed by atoms with E-state index < -0.39 is 29.3 Å². The van der Waals surface area contributed by atoms with Gasteiger partial charge in [-0.25, -0.2) is 4.79 Å². The molecule has 174 valence electrons. The summed E-state index contributed by atoms with van der Waals surface area (Å²) in [5.74, 6) is -2.01. The first kappa shape index (κ1) is 24.4. The van der Waals surface area contributed by atoms with E-state index in [0.29, 0.717) is 5.69 Å². The highest BCUT2D eigenvalue weighted by atomic mass is 35.5. The highest BCUT2D eigenvalue weighted by Crippen LogP contribution is 2.24. The number of hydrogen-bond donors (Lipinski definition) is 2. The quantitative estimate of drug-likeness (QED) is 0.280. The Hall–Kier alpha value is -4.24. The van der Waals surface area contributed by atoms with E-state index in [9.17, 15) is 24.5 Å². The van der Waals surface area contributed by atoms with Crippen LogP contribution in [0, 0.1) is 24.0 Å². The van der Waals surface area contributed by atoms with Gasteiger partial charge >= 0.3 is 5.97 Å². The van der Waals surface area contributed by atoms with Gasteiger partial charge in [-0.3, -0.25) is 19.7 Å². The van der Waals surface area contributed by atoms with Crippen LogP contribution in [0.5, 0.6) is 0 Å². The van der Waals surface area contributed by atoms with E-state index >= 15 is 0 Å². The van der Waals surface area contributed by atoms with Crippen LogP contribution in [0.1, 0.15) is 31.8 Å². The third-order valence-electron chi connectivity index (χ3n) is 4.93. The second-order valence-corrected chi connectivity index (χ2v) is 7.75. The number of esters is 1.